The molecule has 40 heavy (non-hydrogen) atoms. The Balaban J connectivity index is 1.64. The van der Waals surface area contributed by atoms with Crippen molar-refractivity contribution in [3.63, 3.8) is 0 Å². The first kappa shape index (κ1) is 29.3. The van der Waals surface area contributed by atoms with Gasteiger partial charge in [-0.3, -0.25) is 9.59 Å². The molecular formula is C34H41FN2O3. The zero-order chi connectivity index (χ0) is 28.5. The van der Waals surface area contributed by atoms with Gasteiger partial charge in [-0.15, -0.1) is 0 Å². The molecule has 1 saturated carbocycles. The third-order valence-corrected chi connectivity index (χ3v) is 7.57. The summed E-state index contributed by atoms with van der Waals surface area (Å²) in [7, 11) is 0. The number of hydrogen-bond acceptors (Lipinski definition) is 3. The van der Waals surface area contributed by atoms with Crippen molar-refractivity contribution in [3.05, 3.63) is 101 Å². The lowest BCUT2D eigenvalue weighted by Gasteiger charge is -2.33. The van der Waals surface area contributed by atoms with Crippen LogP contribution in [0.3, 0.4) is 0 Å². The second-order valence-electron chi connectivity index (χ2n) is 11.7. The standard InChI is InChI=1S/C34H41FN2O3/c1-34(2,3)28-19-11-13-21-31(28)40-24-32(38)37(23-26-16-10-12-20-29(26)35)30(22-25-14-6-4-7-15-25)33(39)36-27-17-8-5-9-18-27/h4,6-7,10-16,19-21,27,30H,5,8-9,17-18,22-24H2,1-3H3,(H,36,39)/t30-/m0/s1. The number of halogens is 1. The number of nitrogens with zero attached hydrogens (tertiary/aromatic N) is 1. The van der Waals surface area contributed by atoms with Gasteiger partial charge in [0.1, 0.15) is 17.6 Å². The quantitative estimate of drug-likeness (QED) is 0.313. The van der Waals surface area contributed by atoms with Gasteiger partial charge in [-0.1, -0.05) is 107 Å². The molecule has 1 N–H and O–H groups in total. The zero-order valence-corrected chi connectivity index (χ0v) is 23.9. The highest BCUT2D eigenvalue weighted by Crippen LogP contribution is 2.31. The lowest BCUT2D eigenvalue weighted by Crippen LogP contribution is -2.53. The fraction of sp³-hybridized carbons (Fsp3) is 0.412. The molecule has 0 saturated heterocycles. The van der Waals surface area contributed by atoms with Crippen LogP contribution in [-0.2, 0) is 28.0 Å². The van der Waals surface area contributed by atoms with Gasteiger partial charge in [0, 0.05) is 24.6 Å². The SMILES string of the molecule is CC(C)(C)c1ccccc1OCC(=O)N(Cc1ccccc1F)[C@@H](Cc1ccccc1)C(=O)NC1CCCCC1. The van der Waals surface area contributed by atoms with E-state index in [1.165, 1.54) is 17.4 Å². The van der Waals surface area contributed by atoms with Crippen molar-refractivity contribution in [2.24, 2.45) is 0 Å². The van der Waals surface area contributed by atoms with Crippen molar-refractivity contribution in [1.82, 2.24) is 10.2 Å². The number of ether oxygens (including phenoxy) is 1. The Labute approximate surface area is 237 Å². The van der Waals surface area contributed by atoms with Crippen LogP contribution in [0.2, 0.25) is 0 Å². The zero-order valence-electron chi connectivity index (χ0n) is 23.9. The predicted molar refractivity (Wildman–Crippen MR) is 157 cm³/mol. The number of carbonyl (C=O) groups is 2. The lowest BCUT2D eigenvalue weighted by molar-refractivity contribution is -0.143. The molecule has 0 radical (unpaired) electrons. The Morgan fingerprint density at radius 1 is 0.925 bits per heavy atom. The Hall–Kier alpha value is -3.67. The molecule has 6 heteroatoms. The minimum atomic E-state index is -0.821. The van der Waals surface area contributed by atoms with E-state index < -0.39 is 11.9 Å². The largest absolute Gasteiger partial charge is 0.483 e. The van der Waals surface area contributed by atoms with Gasteiger partial charge in [-0.05, 0) is 41.5 Å². The third kappa shape index (κ3) is 7.93. The maximum absolute atomic E-state index is 14.8. The average molecular weight is 545 g/mol. The fourth-order valence-corrected chi connectivity index (χ4v) is 5.34. The van der Waals surface area contributed by atoms with Gasteiger partial charge in [-0.2, -0.15) is 0 Å². The van der Waals surface area contributed by atoms with Crippen LogP contribution >= 0.6 is 0 Å². The van der Waals surface area contributed by atoms with Crippen LogP contribution < -0.4 is 10.1 Å². The summed E-state index contributed by atoms with van der Waals surface area (Å²) < 4.78 is 20.9. The monoisotopic (exact) mass is 544 g/mol. The summed E-state index contributed by atoms with van der Waals surface area (Å²) in [5.41, 5.74) is 2.09. The number of amides is 2. The highest BCUT2D eigenvalue weighted by atomic mass is 19.1. The van der Waals surface area contributed by atoms with Crippen molar-refractivity contribution in [2.45, 2.75) is 83.3 Å². The summed E-state index contributed by atoms with van der Waals surface area (Å²) in [5, 5.41) is 3.21. The number of para-hydroxylation sites is 1. The number of hydrogen-bond donors (Lipinski definition) is 1. The topological polar surface area (TPSA) is 58.6 Å². The van der Waals surface area contributed by atoms with E-state index in [1.807, 2.05) is 54.6 Å². The number of nitrogens with one attached hydrogen (secondary N) is 1. The molecule has 1 fully saturated rings. The Bertz CT molecular complexity index is 1270. The summed E-state index contributed by atoms with van der Waals surface area (Å²) in [6, 6.07) is 23.0. The highest BCUT2D eigenvalue weighted by Gasteiger charge is 2.33. The maximum Gasteiger partial charge on any atom is 0.261 e. The van der Waals surface area contributed by atoms with Gasteiger partial charge in [0.05, 0.1) is 0 Å². The molecular weight excluding hydrogens is 503 g/mol. The molecule has 0 spiro atoms. The van der Waals surface area contributed by atoms with E-state index in [2.05, 4.69) is 26.1 Å². The molecule has 1 atom stereocenters. The van der Waals surface area contributed by atoms with E-state index in [-0.39, 0.29) is 36.4 Å². The third-order valence-electron chi connectivity index (χ3n) is 7.57. The smallest absolute Gasteiger partial charge is 0.261 e. The first-order chi connectivity index (χ1) is 19.2. The Kier molecular flexibility index (Phi) is 9.97. The van der Waals surface area contributed by atoms with Gasteiger partial charge in [0.15, 0.2) is 6.61 Å². The lowest BCUT2D eigenvalue weighted by atomic mass is 9.86. The van der Waals surface area contributed by atoms with E-state index in [0.29, 0.717) is 17.7 Å². The first-order valence-electron chi connectivity index (χ1n) is 14.3. The normalized spacial score (nSPS) is 14.8. The van der Waals surface area contributed by atoms with Crippen LogP contribution in [0.5, 0.6) is 5.75 Å². The molecule has 3 aromatic rings. The van der Waals surface area contributed by atoms with E-state index >= 15 is 0 Å². The van der Waals surface area contributed by atoms with Crippen molar-refractivity contribution in [2.75, 3.05) is 6.61 Å². The summed E-state index contributed by atoms with van der Waals surface area (Å²) in [6.45, 7) is 5.97. The van der Waals surface area contributed by atoms with E-state index in [4.69, 9.17) is 4.74 Å². The molecule has 1 aliphatic carbocycles. The molecule has 5 nitrogen and oxygen atoms in total. The summed E-state index contributed by atoms with van der Waals surface area (Å²) in [4.78, 5) is 29.3. The van der Waals surface area contributed by atoms with Crippen LogP contribution in [0.4, 0.5) is 4.39 Å². The maximum atomic E-state index is 14.8. The molecule has 0 aromatic heterocycles. The van der Waals surface area contributed by atoms with Crippen molar-refractivity contribution < 1.29 is 18.7 Å². The van der Waals surface area contributed by atoms with Gasteiger partial charge < -0.3 is 15.0 Å². The minimum Gasteiger partial charge on any atom is -0.483 e. The fourth-order valence-electron chi connectivity index (χ4n) is 5.34. The molecule has 4 rings (SSSR count). The Morgan fingerprint density at radius 3 is 2.27 bits per heavy atom. The van der Waals surface area contributed by atoms with Crippen LogP contribution in [-0.4, -0.2) is 35.4 Å². The molecule has 0 aliphatic heterocycles. The average Bonchev–Trinajstić information content (AvgIpc) is 2.95. The minimum absolute atomic E-state index is 0.0363. The number of benzene rings is 3. The van der Waals surface area contributed by atoms with Gasteiger partial charge in [-0.25, -0.2) is 4.39 Å². The molecule has 212 valence electrons. The predicted octanol–water partition coefficient (Wildman–Crippen LogP) is 6.59. The number of rotatable bonds is 10. The number of carbonyl (C=O) groups excluding carboxylic acids is 2. The molecule has 2 amide bonds. The van der Waals surface area contributed by atoms with E-state index in [1.54, 1.807) is 18.2 Å². The van der Waals surface area contributed by atoms with Crippen LogP contribution in [0.1, 0.15) is 69.6 Å². The molecule has 3 aromatic carbocycles. The van der Waals surface area contributed by atoms with E-state index in [0.717, 1.165) is 36.8 Å². The summed E-state index contributed by atoms with van der Waals surface area (Å²) in [5.74, 6) is -0.367. The van der Waals surface area contributed by atoms with Crippen molar-refractivity contribution in [3.8, 4) is 5.75 Å². The molecule has 0 unspecified atom stereocenters. The van der Waals surface area contributed by atoms with Gasteiger partial charge in [0.2, 0.25) is 5.91 Å². The van der Waals surface area contributed by atoms with E-state index in [9.17, 15) is 14.0 Å². The molecule has 0 heterocycles. The van der Waals surface area contributed by atoms with Gasteiger partial charge in [0.25, 0.3) is 5.91 Å². The summed E-state index contributed by atoms with van der Waals surface area (Å²) >= 11 is 0. The first-order valence-corrected chi connectivity index (χ1v) is 14.3. The van der Waals surface area contributed by atoms with Crippen LogP contribution in [0.25, 0.3) is 0 Å². The highest BCUT2D eigenvalue weighted by molar-refractivity contribution is 5.88. The second kappa shape index (κ2) is 13.6. The molecule has 0 bridgehead atoms. The summed E-state index contributed by atoms with van der Waals surface area (Å²) in [6.07, 6.45) is 5.50. The second-order valence-corrected chi connectivity index (χ2v) is 11.7. The van der Waals surface area contributed by atoms with Crippen LogP contribution in [0.15, 0.2) is 78.9 Å². The molecule has 1 aliphatic rings. The van der Waals surface area contributed by atoms with Crippen LogP contribution in [0, 0.1) is 5.82 Å². The van der Waals surface area contributed by atoms with Crippen molar-refractivity contribution >= 4 is 11.8 Å². The Morgan fingerprint density at radius 2 is 1.57 bits per heavy atom. The van der Waals surface area contributed by atoms with Gasteiger partial charge >= 0.3 is 0 Å². The van der Waals surface area contributed by atoms with Crippen molar-refractivity contribution in [1.29, 1.82) is 0 Å².